The van der Waals surface area contributed by atoms with Gasteiger partial charge in [-0.1, -0.05) is 24.3 Å². The van der Waals surface area contributed by atoms with Crippen LogP contribution >= 0.6 is 0 Å². The number of nitrogens with two attached hydrogens (primary N) is 1. The standard InChI is InChI=1S/C34H38F3N7O4/c1-4-47-31(45)26-19-33(20-39-26)12-15-43(16-13-33)28-18-29(41-32(38)40-28)48-30(34(35,36)37)25-10-7-23(22-5-8-24(46-3)9-6-22)17-27(25)44-14-11-21(2)42-44/h5-11,14,17-18,26,30,39H,4,12-13,15-16,19-20H2,1-3H3,(H2,38,40,41)/t26?,30-/m1/s1. The second kappa shape index (κ2) is 13.3. The van der Waals surface area contributed by atoms with E-state index in [9.17, 15) is 18.0 Å². The number of nitrogen functional groups attached to an aromatic ring is 1. The van der Waals surface area contributed by atoms with Crippen LogP contribution < -0.4 is 25.4 Å². The largest absolute Gasteiger partial charge is 0.497 e. The molecular formula is C34H38F3N7O4. The van der Waals surface area contributed by atoms with E-state index in [0.29, 0.717) is 55.5 Å². The molecule has 0 amide bonds. The number of ether oxygens (including phenoxy) is 3. The van der Waals surface area contributed by atoms with Crippen LogP contribution in [0.3, 0.4) is 0 Å². The van der Waals surface area contributed by atoms with Crippen molar-refractivity contribution in [1.29, 1.82) is 0 Å². The molecule has 0 bridgehead atoms. The summed E-state index contributed by atoms with van der Waals surface area (Å²) >= 11 is 0. The third kappa shape index (κ3) is 7.03. The lowest BCUT2D eigenvalue weighted by Crippen LogP contribution is -2.41. The molecular weight excluding hydrogens is 627 g/mol. The highest BCUT2D eigenvalue weighted by molar-refractivity contribution is 5.76. The van der Waals surface area contributed by atoms with Gasteiger partial charge >= 0.3 is 12.1 Å². The Hall–Kier alpha value is -4.85. The minimum Gasteiger partial charge on any atom is -0.497 e. The number of nitrogens with zero attached hydrogens (tertiary/aromatic N) is 5. The van der Waals surface area contributed by atoms with E-state index in [0.717, 1.165) is 18.4 Å². The summed E-state index contributed by atoms with van der Waals surface area (Å²) in [6, 6.07) is 14.7. The number of hydrogen-bond acceptors (Lipinski definition) is 10. The minimum atomic E-state index is -4.82. The second-order valence-corrected chi connectivity index (χ2v) is 12.2. The molecule has 254 valence electrons. The molecule has 11 nitrogen and oxygen atoms in total. The smallest absolute Gasteiger partial charge is 0.429 e. The van der Waals surface area contributed by atoms with Crippen LogP contribution in [0.2, 0.25) is 0 Å². The first-order chi connectivity index (χ1) is 23.0. The number of rotatable bonds is 9. The zero-order valence-electron chi connectivity index (χ0n) is 27.0. The quantitative estimate of drug-likeness (QED) is 0.224. The molecule has 2 aromatic carbocycles. The number of methoxy groups -OCH3 is 1. The van der Waals surface area contributed by atoms with Gasteiger partial charge in [-0.15, -0.1) is 0 Å². The van der Waals surface area contributed by atoms with Crippen molar-refractivity contribution in [3.05, 3.63) is 72.1 Å². The Bertz CT molecular complexity index is 1750. The van der Waals surface area contributed by atoms with Gasteiger partial charge in [-0.05, 0) is 73.9 Å². The fraction of sp³-hybridized carbons (Fsp3) is 0.412. The van der Waals surface area contributed by atoms with E-state index < -0.39 is 12.3 Å². The first-order valence-corrected chi connectivity index (χ1v) is 15.8. The highest BCUT2D eigenvalue weighted by atomic mass is 19.4. The summed E-state index contributed by atoms with van der Waals surface area (Å²) in [6.07, 6.45) is -3.41. The second-order valence-electron chi connectivity index (χ2n) is 12.2. The zero-order valence-corrected chi connectivity index (χ0v) is 27.0. The van der Waals surface area contributed by atoms with Gasteiger partial charge in [0.2, 0.25) is 17.9 Å². The summed E-state index contributed by atoms with van der Waals surface area (Å²) in [7, 11) is 1.56. The van der Waals surface area contributed by atoms with Crippen LogP contribution in [0.4, 0.5) is 24.9 Å². The average Bonchev–Trinajstić information content (AvgIpc) is 3.69. The van der Waals surface area contributed by atoms with E-state index in [-0.39, 0.29) is 40.5 Å². The van der Waals surface area contributed by atoms with Crippen molar-refractivity contribution in [2.75, 3.05) is 44.0 Å². The molecule has 2 fully saturated rings. The molecule has 1 spiro atoms. The van der Waals surface area contributed by atoms with Gasteiger partial charge in [-0.2, -0.15) is 28.2 Å². The first-order valence-electron chi connectivity index (χ1n) is 15.8. The lowest BCUT2D eigenvalue weighted by atomic mass is 9.76. The van der Waals surface area contributed by atoms with E-state index in [1.807, 2.05) is 17.0 Å². The van der Waals surface area contributed by atoms with Gasteiger partial charge in [0.25, 0.3) is 0 Å². The molecule has 48 heavy (non-hydrogen) atoms. The summed E-state index contributed by atoms with van der Waals surface area (Å²) in [5.41, 5.74) is 8.12. The van der Waals surface area contributed by atoms with Crippen LogP contribution in [0, 0.1) is 12.3 Å². The maximum atomic E-state index is 14.9. The lowest BCUT2D eigenvalue weighted by Gasteiger charge is -2.39. The van der Waals surface area contributed by atoms with Crippen LogP contribution in [0.1, 0.15) is 43.5 Å². The van der Waals surface area contributed by atoms with Crippen molar-refractivity contribution in [2.45, 2.75) is 51.4 Å². The number of piperidine rings is 1. The maximum absolute atomic E-state index is 14.9. The van der Waals surface area contributed by atoms with Crippen molar-refractivity contribution in [3.8, 4) is 28.4 Å². The van der Waals surface area contributed by atoms with Crippen molar-refractivity contribution in [3.63, 3.8) is 0 Å². The predicted octanol–water partition coefficient (Wildman–Crippen LogP) is 5.42. The number of aryl methyl sites for hydroxylation is 1. The Morgan fingerprint density at radius 2 is 1.81 bits per heavy atom. The number of carbonyl (C=O) groups excluding carboxylic acids is 1. The van der Waals surface area contributed by atoms with E-state index in [1.165, 1.54) is 16.8 Å². The summed E-state index contributed by atoms with van der Waals surface area (Å²) in [5.74, 6) is 0.286. The van der Waals surface area contributed by atoms with Gasteiger partial charge in [0.05, 0.1) is 25.1 Å². The number of anilines is 2. The summed E-state index contributed by atoms with van der Waals surface area (Å²) in [4.78, 5) is 22.6. The molecule has 2 aliphatic rings. The first kappa shape index (κ1) is 33.1. The third-order valence-electron chi connectivity index (χ3n) is 9.03. The number of alkyl halides is 3. The minimum absolute atomic E-state index is 0.0769. The number of aromatic nitrogens is 4. The van der Waals surface area contributed by atoms with E-state index in [4.69, 9.17) is 19.9 Å². The number of esters is 1. The normalized spacial score (nSPS) is 18.1. The van der Waals surface area contributed by atoms with Gasteiger partial charge < -0.3 is 30.2 Å². The van der Waals surface area contributed by atoms with Crippen LogP contribution in [0.15, 0.2) is 60.8 Å². The summed E-state index contributed by atoms with van der Waals surface area (Å²) in [5, 5.41) is 7.69. The predicted molar refractivity (Wildman–Crippen MR) is 173 cm³/mol. The SMILES string of the molecule is CCOC(=O)C1CC2(CCN(c3cc(O[C@H](c4ccc(-c5ccc(OC)cc5)cc4-n4ccc(C)n4)C(F)(F)F)nc(N)n3)CC2)CN1. The van der Waals surface area contributed by atoms with Crippen LogP contribution in [-0.2, 0) is 9.53 Å². The molecule has 2 aliphatic heterocycles. The molecule has 2 atom stereocenters. The van der Waals surface area contributed by atoms with Gasteiger partial charge in [0.1, 0.15) is 17.6 Å². The summed E-state index contributed by atoms with van der Waals surface area (Å²) in [6.45, 7) is 5.70. The number of benzene rings is 2. The molecule has 0 radical (unpaired) electrons. The third-order valence-corrected chi connectivity index (χ3v) is 9.03. The topological polar surface area (TPSA) is 130 Å². The molecule has 6 rings (SSSR count). The molecule has 14 heteroatoms. The Labute approximate surface area is 276 Å². The highest BCUT2D eigenvalue weighted by Gasteiger charge is 2.46. The van der Waals surface area contributed by atoms with Crippen molar-refractivity contribution in [1.82, 2.24) is 25.1 Å². The molecule has 0 saturated carbocycles. The number of hydrogen-bond donors (Lipinski definition) is 2. The molecule has 3 N–H and O–H groups in total. The number of carbonyl (C=O) groups is 1. The molecule has 2 aromatic heterocycles. The van der Waals surface area contributed by atoms with Gasteiger partial charge in [-0.3, -0.25) is 4.79 Å². The summed E-state index contributed by atoms with van der Waals surface area (Å²) < 4.78 is 62.1. The van der Waals surface area contributed by atoms with Crippen molar-refractivity contribution >= 4 is 17.7 Å². The van der Waals surface area contributed by atoms with Crippen LogP contribution in [-0.4, -0.2) is 71.3 Å². The van der Waals surface area contributed by atoms with Gasteiger partial charge in [-0.25, -0.2) is 4.68 Å². The Morgan fingerprint density at radius 1 is 1.08 bits per heavy atom. The Kier molecular flexibility index (Phi) is 9.19. The maximum Gasteiger partial charge on any atom is 0.429 e. The fourth-order valence-electron chi connectivity index (χ4n) is 6.47. The number of nitrogens with one attached hydrogen (secondary N) is 1. The van der Waals surface area contributed by atoms with E-state index in [2.05, 4.69) is 20.4 Å². The molecule has 1 unspecified atom stereocenters. The molecule has 0 aliphatic carbocycles. The monoisotopic (exact) mass is 665 g/mol. The van der Waals surface area contributed by atoms with Crippen molar-refractivity contribution < 1.29 is 32.2 Å². The van der Waals surface area contributed by atoms with E-state index in [1.54, 1.807) is 57.5 Å². The highest BCUT2D eigenvalue weighted by Crippen LogP contribution is 2.43. The average molecular weight is 666 g/mol. The van der Waals surface area contributed by atoms with Gasteiger partial charge in [0, 0.05) is 37.5 Å². The van der Waals surface area contributed by atoms with E-state index >= 15 is 0 Å². The van der Waals surface area contributed by atoms with Crippen molar-refractivity contribution in [2.24, 2.45) is 5.41 Å². The van der Waals surface area contributed by atoms with Crippen LogP contribution in [0.25, 0.3) is 16.8 Å². The molecule has 4 aromatic rings. The number of halogens is 3. The fourth-order valence-corrected chi connectivity index (χ4v) is 6.47. The molecule has 4 heterocycles. The molecule has 2 saturated heterocycles. The van der Waals surface area contributed by atoms with Gasteiger partial charge in [0.15, 0.2) is 0 Å². The van der Waals surface area contributed by atoms with Crippen LogP contribution in [0.5, 0.6) is 11.6 Å². The lowest BCUT2D eigenvalue weighted by molar-refractivity contribution is -0.198. The Morgan fingerprint density at radius 3 is 2.46 bits per heavy atom. The Balaban J connectivity index is 1.27. The zero-order chi connectivity index (χ0) is 34.1.